The zero-order valence-electron chi connectivity index (χ0n) is 27.0. The number of nitrogens with zero attached hydrogens (tertiary/aromatic N) is 4. The molecule has 0 aliphatic rings. The Morgan fingerprint density at radius 1 is 0.440 bits per heavy atom. The molecule has 0 fully saturated rings. The molecule has 0 atom stereocenters. The first-order chi connectivity index (χ1) is 24.7. The second-order valence-corrected chi connectivity index (χ2v) is 16.0. The predicted molar refractivity (Wildman–Crippen MR) is 204 cm³/mol. The molecule has 0 radical (unpaired) electrons. The maximum absolute atomic E-state index is 11.0. The van der Waals surface area contributed by atoms with Crippen molar-refractivity contribution in [3.63, 3.8) is 0 Å². The number of fused-ring (bicyclic) bond motifs is 3. The maximum Gasteiger partial charge on any atom is 0.180 e. The van der Waals surface area contributed by atoms with E-state index < -0.39 is 8.07 Å². The third kappa shape index (κ3) is 4.80. The van der Waals surface area contributed by atoms with Crippen LogP contribution in [0.25, 0.3) is 38.6 Å². The summed E-state index contributed by atoms with van der Waals surface area (Å²) in [5, 5.41) is 37.2. The molecule has 0 unspecified atom stereocenters. The normalized spacial score (nSPS) is 11.1. The highest BCUT2D eigenvalue weighted by Crippen LogP contribution is 2.37. The standard InChI is InChI=1S/C45H28N4Si/c46-29-32-21-24-43-41(26-32)40-18-10-11-19-42(40)49(43)44-27-33(30-47)20-23-39(44)34-22-25-45(35(28-34)31-48)50(36-12-4-1-5-13-36,37-14-6-2-7-15-37)38-16-8-3-9-17-38/h1-28H. The van der Waals surface area contributed by atoms with E-state index in [0.717, 1.165) is 43.8 Å². The molecule has 0 saturated carbocycles. The molecule has 0 saturated heterocycles. The second-order valence-electron chi connectivity index (χ2n) is 12.3. The van der Waals surface area contributed by atoms with Gasteiger partial charge >= 0.3 is 0 Å². The SMILES string of the molecule is N#Cc1ccc(-c2ccc([Si](c3ccccc3)(c3ccccc3)c3ccccc3)c(C#N)c2)c(-n2c3ccccc3c3cc(C#N)ccc32)c1. The quantitative estimate of drug-likeness (QED) is 0.138. The predicted octanol–water partition coefficient (Wildman–Crippen LogP) is 7.44. The Balaban J connectivity index is 1.42. The van der Waals surface area contributed by atoms with Gasteiger partial charge in [-0.1, -0.05) is 127 Å². The topological polar surface area (TPSA) is 76.3 Å². The molecule has 0 amide bonds. The number of nitriles is 3. The summed E-state index contributed by atoms with van der Waals surface area (Å²) in [6, 6.07) is 64.8. The van der Waals surface area contributed by atoms with Crippen molar-refractivity contribution < 1.29 is 0 Å². The summed E-state index contributed by atoms with van der Waals surface area (Å²) in [7, 11) is -2.95. The highest BCUT2D eigenvalue weighted by atomic mass is 28.3. The highest BCUT2D eigenvalue weighted by Gasteiger charge is 2.43. The van der Waals surface area contributed by atoms with Crippen molar-refractivity contribution in [1.29, 1.82) is 15.8 Å². The van der Waals surface area contributed by atoms with Crippen molar-refractivity contribution in [3.8, 4) is 35.0 Å². The number of benzene rings is 7. The van der Waals surface area contributed by atoms with Crippen LogP contribution in [0, 0.1) is 34.0 Å². The van der Waals surface area contributed by atoms with Crippen molar-refractivity contribution in [2.75, 3.05) is 0 Å². The second kappa shape index (κ2) is 12.6. The lowest BCUT2D eigenvalue weighted by Crippen LogP contribution is -2.75. The van der Waals surface area contributed by atoms with E-state index in [4.69, 9.17) is 0 Å². The number of hydrogen-bond acceptors (Lipinski definition) is 3. The maximum atomic E-state index is 11.0. The van der Waals surface area contributed by atoms with Crippen LogP contribution in [0.1, 0.15) is 16.7 Å². The molecule has 1 aromatic heterocycles. The van der Waals surface area contributed by atoms with Gasteiger partial charge in [0.25, 0.3) is 0 Å². The van der Waals surface area contributed by atoms with Gasteiger partial charge in [0, 0.05) is 16.3 Å². The molecule has 0 spiro atoms. The fraction of sp³-hybridized carbons (Fsp3) is 0. The van der Waals surface area contributed by atoms with Gasteiger partial charge in [-0.2, -0.15) is 15.8 Å². The fourth-order valence-electron chi connectivity index (χ4n) is 7.49. The molecule has 0 aliphatic carbocycles. The van der Waals surface area contributed by atoms with Gasteiger partial charge in [0.05, 0.1) is 51.6 Å². The Morgan fingerprint density at radius 3 is 1.58 bits per heavy atom. The molecule has 7 aromatic carbocycles. The molecule has 0 N–H and O–H groups in total. The van der Waals surface area contributed by atoms with Gasteiger partial charge in [-0.3, -0.25) is 0 Å². The van der Waals surface area contributed by atoms with E-state index in [0.29, 0.717) is 16.7 Å². The monoisotopic (exact) mass is 652 g/mol. The van der Waals surface area contributed by atoms with Gasteiger partial charge < -0.3 is 4.57 Å². The molecule has 232 valence electrons. The van der Waals surface area contributed by atoms with Crippen LogP contribution in [0.3, 0.4) is 0 Å². The minimum atomic E-state index is -2.95. The summed E-state index contributed by atoms with van der Waals surface area (Å²) in [6.07, 6.45) is 0. The van der Waals surface area contributed by atoms with Gasteiger partial charge in [-0.25, -0.2) is 0 Å². The summed E-state index contributed by atoms with van der Waals surface area (Å²) in [5.74, 6) is 0. The Hall–Kier alpha value is -6.97. The van der Waals surface area contributed by atoms with E-state index in [2.05, 4.69) is 120 Å². The molecule has 8 rings (SSSR count). The Labute approximate surface area is 291 Å². The van der Waals surface area contributed by atoms with Crippen molar-refractivity contribution in [3.05, 3.63) is 187 Å². The minimum Gasteiger partial charge on any atom is -0.309 e. The van der Waals surface area contributed by atoms with E-state index in [1.807, 2.05) is 72.8 Å². The third-order valence-electron chi connectivity index (χ3n) is 9.64. The van der Waals surface area contributed by atoms with Gasteiger partial charge in [0.1, 0.15) is 0 Å². The van der Waals surface area contributed by atoms with Crippen molar-refractivity contribution in [1.82, 2.24) is 4.57 Å². The molecular weight excluding hydrogens is 625 g/mol. The van der Waals surface area contributed by atoms with Gasteiger partial charge in [0.15, 0.2) is 8.07 Å². The first kappa shape index (κ1) is 30.4. The molecule has 1 heterocycles. The lowest BCUT2D eigenvalue weighted by atomic mass is 9.99. The summed E-state index contributed by atoms with van der Waals surface area (Å²) in [5.41, 5.74) is 6.23. The molecule has 8 aromatic rings. The van der Waals surface area contributed by atoms with E-state index in [9.17, 15) is 15.8 Å². The fourth-order valence-corrected chi connectivity index (χ4v) is 12.4. The Bertz CT molecular complexity index is 2580. The average molecular weight is 653 g/mol. The van der Waals surface area contributed by atoms with Crippen LogP contribution >= 0.6 is 0 Å². The lowest BCUT2D eigenvalue weighted by molar-refractivity contribution is 1.18. The van der Waals surface area contributed by atoms with E-state index in [1.54, 1.807) is 0 Å². The van der Waals surface area contributed by atoms with Gasteiger partial charge in [-0.15, -0.1) is 0 Å². The van der Waals surface area contributed by atoms with Crippen molar-refractivity contribution in [2.45, 2.75) is 0 Å². The summed E-state index contributed by atoms with van der Waals surface area (Å²) in [6.45, 7) is 0. The smallest absolute Gasteiger partial charge is 0.180 e. The summed E-state index contributed by atoms with van der Waals surface area (Å²) >= 11 is 0. The Morgan fingerprint density at radius 2 is 0.980 bits per heavy atom. The molecule has 4 nitrogen and oxygen atoms in total. The average Bonchev–Trinajstić information content (AvgIpc) is 3.52. The van der Waals surface area contributed by atoms with Crippen LogP contribution in [0.5, 0.6) is 0 Å². The molecule has 0 aliphatic heterocycles. The largest absolute Gasteiger partial charge is 0.309 e. The summed E-state index contributed by atoms with van der Waals surface area (Å²) in [4.78, 5) is 0. The third-order valence-corrected chi connectivity index (χ3v) is 14.5. The lowest BCUT2D eigenvalue weighted by Gasteiger charge is -2.35. The minimum absolute atomic E-state index is 0.532. The molecule has 0 bridgehead atoms. The van der Waals surface area contributed by atoms with Crippen LogP contribution in [-0.2, 0) is 0 Å². The van der Waals surface area contributed by atoms with Crippen LogP contribution in [0.2, 0.25) is 0 Å². The van der Waals surface area contributed by atoms with Crippen LogP contribution in [-0.4, -0.2) is 12.6 Å². The number of rotatable bonds is 6. The van der Waals surface area contributed by atoms with E-state index >= 15 is 0 Å². The number of para-hydroxylation sites is 1. The molecular formula is C45H28N4Si. The number of aromatic nitrogens is 1. The van der Waals surface area contributed by atoms with Crippen LogP contribution in [0.4, 0.5) is 0 Å². The number of hydrogen-bond donors (Lipinski definition) is 0. The highest BCUT2D eigenvalue weighted by molar-refractivity contribution is 7.20. The Kier molecular flexibility index (Phi) is 7.63. The first-order valence-electron chi connectivity index (χ1n) is 16.4. The van der Waals surface area contributed by atoms with Crippen molar-refractivity contribution in [2.24, 2.45) is 0 Å². The molecule has 50 heavy (non-hydrogen) atoms. The zero-order valence-corrected chi connectivity index (χ0v) is 28.0. The van der Waals surface area contributed by atoms with E-state index in [1.165, 1.54) is 15.6 Å². The van der Waals surface area contributed by atoms with Crippen LogP contribution in [0.15, 0.2) is 170 Å². The zero-order chi connectivity index (χ0) is 34.1. The first-order valence-corrected chi connectivity index (χ1v) is 18.4. The van der Waals surface area contributed by atoms with Crippen molar-refractivity contribution >= 4 is 50.6 Å². The van der Waals surface area contributed by atoms with Gasteiger partial charge in [0.2, 0.25) is 0 Å². The van der Waals surface area contributed by atoms with Crippen LogP contribution < -0.4 is 20.7 Å². The molecule has 5 heteroatoms. The van der Waals surface area contributed by atoms with Gasteiger partial charge in [-0.05, 0) is 68.8 Å². The summed E-state index contributed by atoms with van der Waals surface area (Å²) < 4.78 is 2.17. The van der Waals surface area contributed by atoms with E-state index in [-0.39, 0.29) is 0 Å².